The average molecular weight is 252 g/mol. The molecule has 0 N–H and O–H groups in total. The molecule has 0 rings (SSSR count). The zero-order valence-corrected chi connectivity index (χ0v) is 9.72. The van der Waals surface area contributed by atoms with Gasteiger partial charge < -0.3 is 0 Å². The van der Waals surface area contributed by atoms with Crippen LogP contribution in [0.5, 0.6) is 0 Å². The van der Waals surface area contributed by atoms with Gasteiger partial charge in [0.15, 0.2) is 0 Å². The van der Waals surface area contributed by atoms with Gasteiger partial charge in [0.1, 0.15) is 0 Å². The van der Waals surface area contributed by atoms with Crippen LogP contribution in [0.3, 0.4) is 0 Å². The van der Waals surface area contributed by atoms with Gasteiger partial charge in [-0.15, -0.1) is 0 Å². The molecule has 10 heteroatoms. The van der Waals surface area contributed by atoms with Crippen LogP contribution in [-0.2, 0) is 37.5 Å². The Labute approximate surface area is 83.4 Å². The van der Waals surface area contributed by atoms with Gasteiger partial charge in [-0.25, -0.2) is 0 Å². The molecule has 0 atom stereocenters. The van der Waals surface area contributed by atoms with Gasteiger partial charge in [-0.05, 0) is 0 Å². The first-order chi connectivity index (χ1) is 6.24. The van der Waals surface area contributed by atoms with E-state index in [1.165, 1.54) is 0 Å². The molecule has 0 aromatic rings. The number of hydrogen-bond acceptors (Lipinski definition) is 8. The van der Waals surface area contributed by atoms with Crippen LogP contribution in [0.2, 0.25) is 0 Å². The van der Waals surface area contributed by atoms with Crippen molar-refractivity contribution in [3.8, 4) is 0 Å². The molecule has 0 aliphatic carbocycles. The molecule has 0 saturated carbocycles. The molecule has 0 spiro atoms. The van der Waals surface area contributed by atoms with Crippen LogP contribution >= 0.6 is 0 Å². The molecule has 0 saturated heterocycles. The topological polar surface area (TPSA) is 105 Å². The van der Waals surface area contributed by atoms with Crippen molar-refractivity contribution in [2.24, 2.45) is 0 Å². The lowest BCUT2D eigenvalue weighted by atomic mass is 11.8. The third-order valence-electron chi connectivity index (χ3n) is 0.816. The van der Waals surface area contributed by atoms with Crippen LogP contribution in [0.15, 0.2) is 0 Å². The van der Waals surface area contributed by atoms with Crippen molar-refractivity contribution in [1.29, 1.82) is 0 Å². The Bertz CT molecular complexity index is 259. The lowest BCUT2D eigenvalue weighted by Gasteiger charge is -1.91. The summed E-state index contributed by atoms with van der Waals surface area (Å²) in [4.78, 5) is 0. The maximum absolute atomic E-state index is 9.92. The van der Waals surface area contributed by atoms with Crippen LogP contribution in [0.4, 0.5) is 0 Å². The van der Waals surface area contributed by atoms with Crippen LogP contribution in [0.1, 0.15) is 0 Å². The minimum atomic E-state index is -3.66. The quantitative estimate of drug-likeness (QED) is 0.630. The molecule has 0 aliphatic heterocycles. The Morgan fingerprint density at radius 1 is 0.571 bits per heavy atom. The second-order valence-electron chi connectivity index (χ2n) is 1.48. The van der Waals surface area contributed by atoms with Crippen LogP contribution < -0.4 is 0 Å². The molecule has 88 valence electrons. The molecule has 0 heterocycles. The molecule has 0 bridgehead atoms. The van der Waals surface area contributed by atoms with Crippen molar-refractivity contribution in [2.45, 2.75) is 0 Å². The monoisotopic (exact) mass is 252 g/mol. The predicted molar refractivity (Wildman–Crippen MR) is 45.9 cm³/mol. The van der Waals surface area contributed by atoms with Gasteiger partial charge >= 0.3 is 20.8 Å². The van der Waals surface area contributed by atoms with E-state index in [4.69, 9.17) is 0 Å². The van der Waals surface area contributed by atoms with Gasteiger partial charge in [0.2, 0.25) is 0 Å². The first-order valence-corrected chi connectivity index (χ1v) is 5.63. The van der Waals surface area contributed by atoms with E-state index in [0.29, 0.717) is 0 Å². The molecule has 0 aromatic carbocycles. The van der Waals surface area contributed by atoms with E-state index >= 15 is 0 Å². The van der Waals surface area contributed by atoms with E-state index in [2.05, 4.69) is 16.7 Å². The SMILES string of the molecule is COS(=O)(=O)OC.COS(=O)(=O)OC. The highest BCUT2D eigenvalue weighted by molar-refractivity contribution is 7.82. The Balaban J connectivity index is 0. The maximum atomic E-state index is 9.92. The summed E-state index contributed by atoms with van der Waals surface area (Å²) in [6.07, 6.45) is 0. The largest absolute Gasteiger partial charge is 0.399 e. The summed E-state index contributed by atoms with van der Waals surface area (Å²) < 4.78 is 55.0. The zero-order valence-electron chi connectivity index (χ0n) is 8.08. The molecule has 0 aromatic heterocycles. The molecule has 0 fully saturated rings. The highest BCUT2D eigenvalue weighted by Gasteiger charge is 2.01. The summed E-state index contributed by atoms with van der Waals surface area (Å²) in [7, 11) is -3.21. The summed E-state index contributed by atoms with van der Waals surface area (Å²) in [6, 6.07) is 0. The van der Waals surface area contributed by atoms with Crippen LogP contribution in [-0.4, -0.2) is 45.3 Å². The predicted octanol–water partition coefficient (Wildman–Crippen LogP) is -0.952. The highest BCUT2D eigenvalue weighted by Crippen LogP contribution is 1.86. The van der Waals surface area contributed by atoms with Crippen LogP contribution in [0, 0.1) is 0 Å². The summed E-state index contributed by atoms with van der Waals surface area (Å²) in [5.41, 5.74) is 0. The van der Waals surface area contributed by atoms with Crippen LogP contribution in [0.25, 0.3) is 0 Å². The molecule has 0 unspecified atom stereocenters. The highest BCUT2D eigenvalue weighted by atomic mass is 32.3. The normalized spacial score (nSPS) is 11.7. The summed E-state index contributed by atoms with van der Waals surface area (Å²) in [5.74, 6) is 0. The fourth-order valence-corrected chi connectivity index (χ4v) is 0.408. The third kappa shape index (κ3) is 9.83. The van der Waals surface area contributed by atoms with E-state index in [0.717, 1.165) is 28.4 Å². The van der Waals surface area contributed by atoms with Crippen molar-refractivity contribution >= 4 is 20.8 Å². The lowest BCUT2D eigenvalue weighted by Crippen LogP contribution is -2.02. The van der Waals surface area contributed by atoms with E-state index in [-0.39, 0.29) is 0 Å². The lowest BCUT2D eigenvalue weighted by molar-refractivity contribution is 0.284. The standard InChI is InChI=1S/2C2H6O4S/c2*1-5-7(3,4)6-2/h2*1-2H3. The van der Waals surface area contributed by atoms with E-state index in [1.54, 1.807) is 0 Å². The van der Waals surface area contributed by atoms with E-state index in [1.807, 2.05) is 0 Å². The van der Waals surface area contributed by atoms with Crippen molar-refractivity contribution < 1.29 is 33.6 Å². The third-order valence-corrected chi connectivity index (χ3v) is 2.45. The molecule has 0 amide bonds. The number of rotatable bonds is 4. The van der Waals surface area contributed by atoms with Crippen molar-refractivity contribution in [3.05, 3.63) is 0 Å². The summed E-state index contributed by atoms with van der Waals surface area (Å²) >= 11 is 0. The minimum Gasteiger partial charge on any atom is -0.252 e. The Hall–Kier alpha value is -0.260. The van der Waals surface area contributed by atoms with Gasteiger partial charge in [0, 0.05) is 0 Å². The van der Waals surface area contributed by atoms with Crippen molar-refractivity contribution in [1.82, 2.24) is 0 Å². The van der Waals surface area contributed by atoms with E-state index in [9.17, 15) is 16.8 Å². The summed E-state index contributed by atoms with van der Waals surface area (Å²) in [5, 5.41) is 0. The first-order valence-electron chi connectivity index (χ1n) is 2.97. The molecule has 14 heavy (non-hydrogen) atoms. The maximum Gasteiger partial charge on any atom is 0.399 e. The summed E-state index contributed by atoms with van der Waals surface area (Å²) in [6.45, 7) is 0. The molecular weight excluding hydrogens is 240 g/mol. The molecular formula is C4H12O8S2. The van der Waals surface area contributed by atoms with Gasteiger partial charge in [-0.3, -0.25) is 16.7 Å². The van der Waals surface area contributed by atoms with E-state index < -0.39 is 20.8 Å². The molecule has 0 aliphatic rings. The fraction of sp³-hybridized carbons (Fsp3) is 1.00. The Morgan fingerprint density at radius 3 is 0.714 bits per heavy atom. The molecule has 0 radical (unpaired) electrons. The second-order valence-corrected chi connectivity index (χ2v) is 4.45. The van der Waals surface area contributed by atoms with Gasteiger partial charge in [-0.2, -0.15) is 16.8 Å². The minimum absolute atomic E-state index is 1.03. The molecule has 8 nitrogen and oxygen atoms in total. The fourth-order valence-electron chi connectivity index (χ4n) is 0.136. The Morgan fingerprint density at radius 2 is 0.714 bits per heavy atom. The van der Waals surface area contributed by atoms with Crippen molar-refractivity contribution in [2.75, 3.05) is 28.4 Å². The van der Waals surface area contributed by atoms with Gasteiger partial charge in [0.05, 0.1) is 28.4 Å². The Kier molecular flexibility index (Phi) is 8.19. The number of hydrogen-bond donors (Lipinski definition) is 0. The average Bonchev–Trinajstić information content (AvgIpc) is 2.19. The van der Waals surface area contributed by atoms with Gasteiger partial charge in [0.25, 0.3) is 0 Å². The first kappa shape index (κ1) is 16.2. The van der Waals surface area contributed by atoms with Gasteiger partial charge in [-0.1, -0.05) is 0 Å². The second kappa shape index (κ2) is 7.09. The smallest absolute Gasteiger partial charge is 0.252 e. The van der Waals surface area contributed by atoms with Crippen molar-refractivity contribution in [3.63, 3.8) is 0 Å². The zero-order chi connectivity index (χ0) is 11.8.